The normalized spacial score (nSPS) is 12.1. The highest BCUT2D eigenvalue weighted by atomic mass is 32.2. The van der Waals surface area contributed by atoms with Crippen molar-refractivity contribution in [3.8, 4) is 11.3 Å². The average Bonchev–Trinajstić information content (AvgIpc) is 2.39. The molecule has 0 saturated carbocycles. The zero-order valence-electron chi connectivity index (χ0n) is 10.0. The largest absolute Gasteiger partial charge is 0.480 e. The number of benzene rings is 1. The standard InChI is InChI=1S/C12H11N3O3S/c1-7(11(17)18)19-12-13-10(16)9(14-15-12)8-5-3-2-4-6-8/h2-7H,1H3,(H,17,18)(H,13,15,16). The molecule has 0 spiro atoms. The number of hydrogen-bond acceptors (Lipinski definition) is 5. The van der Waals surface area contributed by atoms with Crippen LogP contribution in [0.1, 0.15) is 6.92 Å². The summed E-state index contributed by atoms with van der Waals surface area (Å²) in [5, 5.41) is 16.0. The van der Waals surface area contributed by atoms with Crippen LogP contribution >= 0.6 is 11.8 Å². The first-order valence-corrected chi connectivity index (χ1v) is 6.38. The second-order valence-corrected chi connectivity index (χ2v) is 5.10. The van der Waals surface area contributed by atoms with Gasteiger partial charge >= 0.3 is 5.97 Å². The molecule has 0 fully saturated rings. The summed E-state index contributed by atoms with van der Waals surface area (Å²) in [7, 11) is 0. The van der Waals surface area contributed by atoms with E-state index < -0.39 is 11.2 Å². The molecule has 0 aliphatic rings. The number of thioether (sulfide) groups is 1. The van der Waals surface area contributed by atoms with Crippen LogP contribution in [0.25, 0.3) is 11.3 Å². The van der Waals surface area contributed by atoms with Crippen molar-refractivity contribution in [2.24, 2.45) is 0 Å². The van der Waals surface area contributed by atoms with E-state index in [-0.39, 0.29) is 16.4 Å². The van der Waals surface area contributed by atoms with Crippen molar-refractivity contribution in [1.29, 1.82) is 0 Å². The van der Waals surface area contributed by atoms with Crippen molar-refractivity contribution < 1.29 is 9.90 Å². The van der Waals surface area contributed by atoms with E-state index >= 15 is 0 Å². The van der Waals surface area contributed by atoms with Crippen LogP contribution < -0.4 is 5.56 Å². The van der Waals surface area contributed by atoms with Gasteiger partial charge in [-0.1, -0.05) is 42.1 Å². The molecule has 98 valence electrons. The van der Waals surface area contributed by atoms with Gasteiger partial charge in [0.25, 0.3) is 5.56 Å². The first kappa shape index (κ1) is 13.3. The zero-order chi connectivity index (χ0) is 13.8. The second kappa shape index (κ2) is 5.66. The molecule has 19 heavy (non-hydrogen) atoms. The fourth-order valence-corrected chi connectivity index (χ4v) is 2.05. The first-order chi connectivity index (χ1) is 9.08. The van der Waals surface area contributed by atoms with Gasteiger partial charge in [-0.15, -0.1) is 10.2 Å². The van der Waals surface area contributed by atoms with Crippen molar-refractivity contribution in [1.82, 2.24) is 15.2 Å². The molecule has 7 heteroatoms. The minimum atomic E-state index is -0.972. The van der Waals surface area contributed by atoms with E-state index in [1.54, 1.807) is 24.3 Å². The van der Waals surface area contributed by atoms with Crippen LogP contribution in [0, 0.1) is 0 Å². The highest BCUT2D eigenvalue weighted by Crippen LogP contribution is 2.18. The Bertz CT molecular complexity index is 642. The third kappa shape index (κ3) is 3.19. The lowest BCUT2D eigenvalue weighted by Gasteiger charge is -2.04. The zero-order valence-corrected chi connectivity index (χ0v) is 10.8. The molecule has 6 nitrogen and oxygen atoms in total. The second-order valence-electron chi connectivity index (χ2n) is 3.77. The Balaban J connectivity index is 2.28. The molecular formula is C12H11N3O3S. The first-order valence-electron chi connectivity index (χ1n) is 5.50. The van der Waals surface area contributed by atoms with Gasteiger partial charge in [-0.05, 0) is 6.92 Å². The molecule has 1 atom stereocenters. The van der Waals surface area contributed by atoms with E-state index in [2.05, 4.69) is 15.2 Å². The van der Waals surface area contributed by atoms with Crippen LogP contribution in [0.5, 0.6) is 0 Å². The summed E-state index contributed by atoms with van der Waals surface area (Å²) in [6, 6.07) is 8.94. The molecule has 1 unspecified atom stereocenters. The van der Waals surface area contributed by atoms with Gasteiger partial charge in [0, 0.05) is 5.56 Å². The number of carbonyl (C=O) groups is 1. The number of rotatable bonds is 4. The minimum Gasteiger partial charge on any atom is -0.480 e. The maximum atomic E-state index is 11.9. The SMILES string of the molecule is CC(Sc1nnc(-c2ccccc2)c(=O)[nH]1)C(=O)O. The number of nitrogens with one attached hydrogen (secondary N) is 1. The number of aromatic nitrogens is 3. The molecule has 1 aromatic carbocycles. The molecule has 0 bridgehead atoms. The summed E-state index contributed by atoms with van der Waals surface area (Å²) in [4.78, 5) is 25.1. The summed E-state index contributed by atoms with van der Waals surface area (Å²) in [5.74, 6) is -0.972. The molecule has 0 saturated heterocycles. The van der Waals surface area contributed by atoms with E-state index in [0.717, 1.165) is 11.8 Å². The predicted octanol–water partition coefficient (Wildman–Crippen LogP) is 1.40. The Hall–Kier alpha value is -2.15. The Morgan fingerprint density at radius 2 is 2.00 bits per heavy atom. The smallest absolute Gasteiger partial charge is 0.316 e. The molecule has 0 aliphatic carbocycles. The van der Waals surface area contributed by atoms with Gasteiger partial charge < -0.3 is 5.11 Å². The third-order valence-electron chi connectivity index (χ3n) is 2.36. The molecule has 2 N–H and O–H groups in total. The van der Waals surface area contributed by atoms with Crippen LogP contribution in [0.3, 0.4) is 0 Å². The summed E-state index contributed by atoms with van der Waals surface area (Å²) < 4.78 is 0. The maximum absolute atomic E-state index is 11.9. The number of aromatic amines is 1. The average molecular weight is 277 g/mol. The van der Waals surface area contributed by atoms with Crippen LogP contribution in [-0.4, -0.2) is 31.5 Å². The van der Waals surface area contributed by atoms with E-state index in [9.17, 15) is 9.59 Å². The topological polar surface area (TPSA) is 95.9 Å². The van der Waals surface area contributed by atoms with Gasteiger partial charge in [-0.2, -0.15) is 0 Å². The summed E-state index contributed by atoms with van der Waals surface area (Å²) in [6.45, 7) is 1.51. The van der Waals surface area contributed by atoms with Gasteiger partial charge in [0.05, 0.1) is 0 Å². The highest BCUT2D eigenvalue weighted by molar-refractivity contribution is 8.00. The molecule has 0 radical (unpaired) electrons. The molecule has 2 rings (SSSR count). The van der Waals surface area contributed by atoms with Crippen LogP contribution in [0.15, 0.2) is 40.3 Å². The minimum absolute atomic E-state index is 0.194. The Labute approximate surface area is 112 Å². The summed E-state index contributed by atoms with van der Waals surface area (Å²) in [5.41, 5.74) is 0.494. The van der Waals surface area contributed by atoms with E-state index in [1.165, 1.54) is 6.92 Å². The molecule has 0 aliphatic heterocycles. The lowest BCUT2D eigenvalue weighted by Crippen LogP contribution is -2.17. The fourth-order valence-electron chi connectivity index (χ4n) is 1.38. The van der Waals surface area contributed by atoms with E-state index in [4.69, 9.17) is 5.11 Å². The van der Waals surface area contributed by atoms with Crippen molar-refractivity contribution in [3.05, 3.63) is 40.7 Å². The van der Waals surface area contributed by atoms with Gasteiger partial charge in [0.2, 0.25) is 0 Å². The van der Waals surface area contributed by atoms with Crippen LogP contribution in [-0.2, 0) is 4.79 Å². The Kier molecular flexibility index (Phi) is 3.96. The van der Waals surface area contributed by atoms with Crippen molar-refractivity contribution in [2.75, 3.05) is 0 Å². The van der Waals surface area contributed by atoms with Crippen molar-refractivity contribution in [3.63, 3.8) is 0 Å². The lowest BCUT2D eigenvalue weighted by molar-refractivity contribution is -0.136. The molecule has 2 aromatic rings. The quantitative estimate of drug-likeness (QED) is 0.820. The third-order valence-corrected chi connectivity index (χ3v) is 3.32. The van der Waals surface area contributed by atoms with E-state index in [0.29, 0.717) is 5.56 Å². The van der Waals surface area contributed by atoms with Gasteiger partial charge in [-0.25, -0.2) is 0 Å². The van der Waals surface area contributed by atoms with Crippen molar-refractivity contribution >= 4 is 17.7 Å². The monoisotopic (exact) mass is 277 g/mol. The molecule has 0 amide bonds. The number of carboxylic acids is 1. The van der Waals surface area contributed by atoms with Gasteiger partial charge in [-0.3, -0.25) is 14.6 Å². The number of carboxylic acid groups (broad SMARTS) is 1. The predicted molar refractivity (Wildman–Crippen MR) is 71.0 cm³/mol. The fraction of sp³-hybridized carbons (Fsp3) is 0.167. The van der Waals surface area contributed by atoms with Crippen LogP contribution in [0.4, 0.5) is 0 Å². The molecular weight excluding hydrogens is 266 g/mol. The molecule has 1 aromatic heterocycles. The summed E-state index contributed by atoms with van der Waals surface area (Å²) in [6.07, 6.45) is 0. The van der Waals surface area contributed by atoms with Gasteiger partial charge in [0.15, 0.2) is 10.9 Å². The van der Waals surface area contributed by atoms with Gasteiger partial charge in [0.1, 0.15) is 5.25 Å². The number of hydrogen-bond donors (Lipinski definition) is 2. The highest BCUT2D eigenvalue weighted by Gasteiger charge is 2.15. The number of nitrogens with zero attached hydrogens (tertiary/aromatic N) is 2. The number of aliphatic carboxylic acids is 1. The Morgan fingerprint density at radius 1 is 1.32 bits per heavy atom. The summed E-state index contributed by atoms with van der Waals surface area (Å²) >= 11 is 0.941. The Morgan fingerprint density at radius 3 is 2.58 bits per heavy atom. The maximum Gasteiger partial charge on any atom is 0.316 e. The number of H-pyrrole nitrogens is 1. The van der Waals surface area contributed by atoms with E-state index in [1.807, 2.05) is 6.07 Å². The van der Waals surface area contributed by atoms with Crippen molar-refractivity contribution in [2.45, 2.75) is 17.3 Å². The lowest BCUT2D eigenvalue weighted by atomic mass is 10.2. The molecule has 1 heterocycles. The van der Waals surface area contributed by atoms with Crippen LogP contribution in [0.2, 0.25) is 0 Å².